The highest BCUT2D eigenvalue weighted by Gasteiger charge is 2.28. The third-order valence-electron chi connectivity index (χ3n) is 3.53. The Balaban J connectivity index is 0. The molecule has 0 aromatic rings. The minimum absolute atomic E-state index is 0. The maximum Gasteiger partial charge on any atom is 0.191 e. The van der Waals surface area contributed by atoms with Crippen LogP contribution in [0.4, 0.5) is 0 Å². The predicted octanol–water partition coefficient (Wildman–Crippen LogP) is 2.42. The number of rotatable bonds is 7. The van der Waals surface area contributed by atoms with Crippen molar-refractivity contribution in [3.05, 3.63) is 0 Å². The number of aliphatic imine (C=N–C) groups is 1. The van der Waals surface area contributed by atoms with Crippen LogP contribution >= 0.6 is 24.0 Å². The van der Waals surface area contributed by atoms with Gasteiger partial charge in [0.2, 0.25) is 0 Å². The van der Waals surface area contributed by atoms with Gasteiger partial charge in [-0.3, -0.25) is 4.99 Å². The molecule has 0 saturated heterocycles. The van der Waals surface area contributed by atoms with Crippen LogP contribution in [-0.4, -0.2) is 45.0 Å². The van der Waals surface area contributed by atoms with Crippen LogP contribution in [0.3, 0.4) is 0 Å². The number of nitrogens with zero attached hydrogens (tertiary/aromatic N) is 1. The molecule has 0 unspecified atom stereocenters. The Labute approximate surface area is 147 Å². The van der Waals surface area contributed by atoms with Crippen LogP contribution < -0.4 is 10.6 Å². The summed E-state index contributed by atoms with van der Waals surface area (Å²) in [5, 5.41) is 6.30. The summed E-state index contributed by atoms with van der Waals surface area (Å²) in [4.78, 5) is 4.11. The second-order valence-electron chi connectivity index (χ2n) is 5.99. The zero-order valence-corrected chi connectivity index (χ0v) is 17.3. The molecule has 0 atom stereocenters. The molecular formula is C14H32IN3O2S. The molecule has 0 saturated carbocycles. The van der Waals surface area contributed by atoms with Gasteiger partial charge in [0, 0.05) is 20.1 Å². The highest BCUT2D eigenvalue weighted by molar-refractivity contribution is 14.0. The molecule has 0 amide bonds. The van der Waals surface area contributed by atoms with Crippen molar-refractivity contribution in [1.29, 1.82) is 0 Å². The fourth-order valence-electron chi connectivity index (χ4n) is 1.65. The standard InChI is InChI=1S/C14H31N3O2S.HI/c1-7-12(8-2)11-17-13(15-6)16-9-10-20(18,19)14(3,4)5;/h12H,7-11H2,1-6H3,(H2,15,16,17);1H. The van der Waals surface area contributed by atoms with Crippen LogP contribution in [-0.2, 0) is 9.84 Å². The van der Waals surface area contributed by atoms with E-state index >= 15 is 0 Å². The first-order valence-corrected chi connectivity index (χ1v) is 9.00. The Morgan fingerprint density at radius 1 is 1.14 bits per heavy atom. The van der Waals surface area contributed by atoms with E-state index in [-0.39, 0.29) is 29.7 Å². The highest BCUT2D eigenvalue weighted by atomic mass is 127. The van der Waals surface area contributed by atoms with Gasteiger partial charge in [0.1, 0.15) is 0 Å². The second kappa shape index (κ2) is 10.6. The molecule has 21 heavy (non-hydrogen) atoms. The number of halogens is 1. The van der Waals surface area contributed by atoms with Crippen LogP contribution in [0, 0.1) is 5.92 Å². The minimum Gasteiger partial charge on any atom is -0.356 e. The van der Waals surface area contributed by atoms with Crippen molar-refractivity contribution >= 4 is 39.8 Å². The number of guanidine groups is 1. The number of hydrogen-bond acceptors (Lipinski definition) is 3. The van der Waals surface area contributed by atoms with Crippen molar-refractivity contribution in [3.63, 3.8) is 0 Å². The van der Waals surface area contributed by atoms with Gasteiger partial charge in [0.15, 0.2) is 15.8 Å². The lowest BCUT2D eigenvalue weighted by Crippen LogP contribution is -2.43. The number of nitrogens with one attached hydrogen (secondary N) is 2. The van der Waals surface area contributed by atoms with E-state index in [1.807, 2.05) is 0 Å². The maximum absolute atomic E-state index is 12.0. The van der Waals surface area contributed by atoms with Crippen molar-refractivity contribution in [2.24, 2.45) is 10.9 Å². The summed E-state index contributed by atoms with van der Waals surface area (Å²) in [6, 6.07) is 0. The predicted molar refractivity (Wildman–Crippen MR) is 102 cm³/mol. The lowest BCUT2D eigenvalue weighted by molar-refractivity contribution is 0.481. The van der Waals surface area contributed by atoms with E-state index in [9.17, 15) is 8.42 Å². The van der Waals surface area contributed by atoms with Gasteiger partial charge in [-0.15, -0.1) is 24.0 Å². The molecule has 0 aromatic carbocycles. The monoisotopic (exact) mass is 433 g/mol. The quantitative estimate of drug-likeness (QED) is 0.368. The summed E-state index contributed by atoms with van der Waals surface area (Å²) < 4.78 is 23.3. The van der Waals surface area contributed by atoms with Gasteiger partial charge < -0.3 is 10.6 Å². The SMILES string of the molecule is CCC(CC)CNC(=NC)NCCS(=O)(=O)C(C)(C)C.I. The highest BCUT2D eigenvalue weighted by Crippen LogP contribution is 2.15. The molecule has 0 heterocycles. The van der Waals surface area contributed by atoms with E-state index in [4.69, 9.17) is 0 Å². The summed E-state index contributed by atoms with van der Waals surface area (Å²) in [5.41, 5.74) is 0. The topological polar surface area (TPSA) is 70.6 Å². The molecule has 0 aliphatic rings. The molecule has 0 spiro atoms. The molecule has 0 bridgehead atoms. The van der Waals surface area contributed by atoms with Crippen LogP contribution in [0.1, 0.15) is 47.5 Å². The summed E-state index contributed by atoms with van der Waals surface area (Å²) >= 11 is 0. The third-order valence-corrected chi connectivity index (χ3v) is 6.14. The first-order valence-electron chi connectivity index (χ1n) is 7.34. The third kappa shape index (κ3) is 8.85. The average Bonchev–Trinajstić information content (AvgIpc) is 2.36. The van der Waals surface area contributed by atoms with Gasteiger partial charge in [-0.25, -0.2) is 8.42 Å². The fourth-order valence-corrected chi connectivity index (χ4v) is 2.63. The van der Waals surface area contributed by atoms with Gasteiger partial charge in [-0.05, 0) is 26.7 Å². The molecule has 7 heteroatoms. The molecule has 0 aliphatic carbocycles. The molecule has 128 valence electrons. The fraction of sp³-hybridized carbons (Fsp3) is 0.929. The molecule has 0 fully saturated rings. The largest absolute Gasteiger partial charge is 0.356 e. The van der Waals surface area contributed by atoms with Gasteiger partial charge in [-0.2, -0.15) is 0 Å². The summed E-state index contributed by atoms with van der Waals surface area (Å²) in [6.07, 6.45) is 2.25. The zero-order chi connectivity index (χ0) is 15.8. The zero-order valence-electron chi connectivity index (χ0n) is 14.2. The molecule has 5 nitrogen and oxygen atoms in total. The van der Waals surface area contributed by atoms with Gasteiger partial charge in [0.25, 0.3) is 0 Å². The first-order chi connectivity index (χ1) is 9.17. The molecular weight excluding hydrogens is 401 g/mol. The van der Waals surface area contributed by atoms with E-state index in [0.29, 0.717) is 18.4 Å². The van der Waals surface area contributed by atoms with Crippen molar-refractivity contribution in [2.75, 3.05) is 25.9 Å². The van der Waals surface area contributed by atoms with Gasteiger partial charge >= 0.3 is 0 Å². The van der Waals surface area contributed by atoms with Crippen LogP contribution in [0.15, 0.2) is 4.99 Å². The van der Waals surface area contributed by atoms with Crippen LogP contribution in [0.25, 0.3) is 0 Å². The Morgan fingerprint density at radius 2 is 1.67 bits per heavy atom. The minimum atomic E-state index is -3.09. The number of hydrogen-bond donors (Lipinski definition) is 2. The summed E-state index contributed by atoms with van der Waals surface area (Å²) in [6.45, 7) is 10.7. The molecule has 2 N–H and O–H groups in total. The van der Waals surface area contributed by atoms with E-state index < -0.39 is 14.6 Å². The second-order valence-corrected chi connectivity index (χ2v) is 8.86. The van der Waals surface area contributed by atoms with Gasteiger partial charge in [0.05, 0.1) is 10.5 Å². The van der Waals surface area contributed by atoms with Crippen LogP contribution in [0.2, 0.25) is 0 Å². The Hall–Kier alpha value is -0.0500. The molecule has 0 radical (unpaired) electrons. The normalized spacial score (nSPS) is 13.0. The van der Waals surface area contributed by atoms with E-state index in [0.717, 1.165) is 19.4 Å². The summed E-state index contributed by atoms with van der Waals surface area (Å²) in [7, 11) is -1.39. The number of sulfone groups is 1. The van der Waals surface area contributed by atoms with Crippen molar-refractivity contribution in [2.45, 2.75) is 52.2 Å². The molecule has 0 aliphatic heterocycles. The molecule has 0 rings (SSSR count). The Kier molecular flexibility index (Phi) is 11.8. The van der Waals surface area contributed by atoms with Crippen LogP contribution in [0.5, 0.6) is 0 Å². The Morgan fingerprint density at radius 3 is 2.05 bits per heavy atom. The van der Waals surface area contributed by atoms with E-state index in [1.165, 1.54) is 0 Å². The summed E-state index contributed by atoms with van der Waals surface area (Å²) in [5.74, 6) is 1.40. The maximum atomic E-state index is 12.0. The van der Waals surface area contributed by atoms with Gasteiger partial charge in [-0.1, -0.05) is 26.7 Å². The first kappa shape index (κ1) is 23.2. The lowest BCUT2D eigenvalue weighted by atomic mass is 10.0. The lowest BCUT2D eigenvalue weighted by Gasteiger charge is -2.20. The smallest absolute Gasteiger partial charge is 0.191 e. The van der Waals surface area contributed by atoms with E-state index in [2.05, 4.69) is 29.5 Å². The Bertz CT molecular complexity index is 399. The van der Waals surface area contributed by atoms with E-state index in [1.54, 1.807) is 27.8 Å². The molecule has 0 aromatic heterocycles. The average molecular weight is 433 g/mol. The van der Waals surface area contributed by atoms with Crippen molar-refractivity contribution in [3.8, 4) is 0 Å². The van der Waals surface area contributed by atoms with Crippen molar-refractivity contribution in [1.82, 2.24) is 10.6 Å². The van der Waals surface area contributed by atoms with Crippen molar-refractivity contribution < 1.29 is 8.42 Å².